The number of anilines is 1. The third-order valence-electron chi connectivity index (χ3n) is 1.93. The van der Waals surface area contributed by atoms with Crippen LogP contribution < -0.4 is 11.1 Å². The molecule has 0 unspecified atom stereocenters. The molecule has 1 aromatic carbocycles. The van der Waals surface area contributed by atoms with Gasteiger partial charge in [-0.2, -0.15) is 0 Å². The Kier molecular flexibility index (Phi) is 6.44. The highest BCUT2D eigenvalue weighted by atomic mass is 35.5. The van der Waals surface area contributed by atoms with Crippen LogP contribution in [0, 0.1) is 11.2 Å². The van der Waals surface area contributed by atoms with Gasteiger partial charge in [0, 0.05) is 18.7 Å². The Balaban J connectivity index is 0.00000225. The lowest BCUT2D eigenvalue weighted by Crippen LogP contribution is -2.12. The van der Waals surface area contributed by atoms with Crippen molar-refractivity contribution in [3.8, 4) is 0 Å². The van der Waals surface area contributed by atoms with Crippen LogP contribution in [-0.2, 0) is 0 Å². The summed E-state index contributed by atoms with van der Waals surface area (Å²) in [5.41, 5.74) is 5.93. The maximum Gasteiger partial charge on any atom is 0.147 e. The normalized spacial score (nSPS) is 9.38. The molecule has 6 heteroatoms. The van der Waals surface area contributed by atoms with Gasteiger partial charge in [0.1, 0.15) is 11.7 Å². The second-order valence-corrected chi connectivity index (χ2v) is 3.11. The Hall–Kier alpha value is -1.33. The van der Waals surface area contributed by atoms with Crippen molar-refractivity contribution in [3.05, 3.63) is 29.6 Å². The van der Waals surface area contributed by atoms with Gasteiger partial charge in [0.05, 0.1) is 5.69 Å². The molecule has 0 spiro atoms. The van der Waals surface area contributed by atoms with Crippen molar-refractivity contribution in [2.24, 2.45) is 5.73 Å². The highest BCUT2D eigenvalue weighted by Crippen LogP contribution is 2.15. The van der Waals surface area contributed by atoms with E-state index in [0.29, 0.717) is 24.2 Å². The lowest BCUT2D eigenvalue weighted by molar-refractivity contribution is 0.292. The van der Waals surface area contributed by atoms with Gasteiger partial charge in [-0.25, -0.2) is 4.39 Å². The van der Waals surface area contributed by atoms with E-state index >= 15 is 0 Å². The summed E-state index contributed by atoms with van der Waals surface area (Å²) < 4.78 is 13.4. The van der Waals surface area contributed by atoms with Gasteiger partial charge in [-0.3, -0.25) is 5.41 Å². The van der Waals surface area contributed by atoms with Crippen LogP contribution in [0.1, 0.15) is 12.0 Å². The molecule has 5 N–H and O–H groups in total. The Bertz CT molecular complexity index is 360. The van der Waals surface area contributed by atoms with Gasteiger partial charge < -0.3 is 16.2 Å². The van der Waals surface area contributed by atoms with Crippen molar-refractivity contribution < 1.29 is 9.50 Å². The minimum absolute atomic E-state index is 0. The minimum Gasteiger partial charge on any atom is -0.396 e. The predicted octanol–water partition coefficient (Wildman–Crippen LogP) is 1.33. The van der Waals surface area contributed by atoms with Gasteiger partial charge >= 0.3 is 0 Å². The molecule has 0 aliphatic carbocycles. The third kappa shape index (κ3) is 4.04. The monoisotopic (exact) mass is 247 g/mol. The molecule has 0 aliphatic heterocycles. The fourth-order valence-electron chi connectivity index (χ4n) is 1.13. The van der Waals surface area contributed by atoms with E-state index in [4.69, 9.17) is 16.2 Å². The molecule has 0 saturated heterocycles. The van der Waals surface area contributed by atoms with Crippen molar-refractivity contribution in [1.82, 2.24) is 0 Å². The number of hydrogen-bond acceptors (Lipinski definition) is 3. The SMILES string of the molecule is Cl.N=C(N)c1ccc(NCCCO)c(F)c1. The zero-order valence-corrected chi connectivity index (χ0v) is 9.48. The summed E-state index contributed by atoms with van der Waals surface area (Å²) in [5.74, 6) is -0.601. The molecule has 1 rings (SSSR count). The van der Waals surface area contributed by atoms with E-state index in [1.165, 1.54) is 12.1 Å². The van der Waals surface area contributed by atoms with Crippen LogP contribution in [0.15, 0.2) is 18.2 Å². The number of hydrogen-bond donors (Lipinski definition) is 4. The molecule has 0 aliphatic rings. The van der Waals surface area contributed by atoms with Crippen molar-refractivity contribution in [2.75, 3.05) is 18.5 Å². The summed E-state index contributed by atoms with van der Waals surface area (Å²) >= 11 is 0. The molecule has 4 nitrogen and oxygen atoms in total. The molecule has 0 saturated carbocycles. The van der Waals surface area contributed by atoms with E-state index in [1.54, 1.807) is 6.07 Å². The fraction of sp³-hybridized carbons (Fsp3) is 0.300. The first-order valence-corrected chi connectivity index (χ1v) is 4.64. The lowest BCUT2D eigenvalue weighted by Gasteiger charge is -2.07. The van der Waals surface area contributed by atoms with Crippen LogP contribution in [-0.4, -0.2) is 24.1 Å². The number of rotatable bonds is 5. The van der Waals surface area contributed by atoms with E-state index in [0.717, 1.165) is 0 Å². The zero-order valence-electron chi connectivity index (χ0n) is 8.66. The summed E-state index contributed by atoms with van der Waals surface area (Å²) in [6, 6.07) is 4.32. The van der Waals surface area contributed by atoms with E-state index in [1.807, 2.05) is 0 Å². The fourth-order valence-corrected chi connectivity index (χ4v) is 1.13. The smallest absolute Gasteiger partial charge is 0.147 e. The molecule has 0 radical (unpaired) electrons. The van der Waals surface area contributed by atoms with Crippen LogP contribution in [0.5, 0.6) is 0 Å². The first-order chi connectivity index (χ1) is 7.15. The molecule has 0 heterocycles. The average molecular weight is 248 g/mol. The van der Waals surface area contributed by atoms with Crippen molar-refractivity contribution in [2.45, 2.75) is 6.42 Å². The Morgan fingerprint density at radius 2 is 2.19 bits per heavy atom. The topological polar surface area (TPSA) is 82.1 Å². The maximum absolute atomic E-state index is 13.4. The standard InChI is InChI=1S/C10H14FN3O.ClH/c11-8-6-7(10(12)13)2-3-9(8)14-4-1-5-15;/h2-3,6,14-15H,1,4-5H2,(H3,12,13);1H. The predicted molar refractivity (Wildman–Crippen MR) is 64.9 cm³/mol. The first kappa shape index (κ1) is 14.7. The second kappa shape index (κ2) is 7.03. The van der Waals surface area contributed by atoms with Crippen LogP contribution in [0.4, 0.5) is 10.1 Å². The van der Waals surface area contributed by atoms with Gasteiger partial charge in [0.15, 0.2) is 0 Å². The van der Waals surface area contributed by atoms with Crippen LogP contribution >= 0.6 is 12.4 Å². The van der Waals surface area contributed by atoms with E-state index in [9.17, 15) is 4.39 Å². The largest absolute Gasteiger partial charge is 0.396 e. The molecule has 0 atom stereocenters. The van der Waals surface area contributed by atoms with Gasteiger partial charge in [-0.05, 0) is 24.6 Å². The summed E-state index contributed by atoms with van der Waals surface area (Å²) in [4.78, 5) is 0. The minimum atomic E-state index is -0.444. The van der Waals surface area contributed by atoms with E-state index in [2.05, 4.69) is 5.32 Å². The Morgan fingerprint density at radius 1 is 1.50 bits per heavy atom. The number of nitrogens with two attached hydrogens (primary N) is 1. The van der Waals surface area contributed by atoms with Crippen LogP contribution in [0.25, 0.3) is 0 Å². The molecular formula is C10H15ClFN3O. The number of halogens is 2. The van der Waals surface area contributed by atoms with Crippen molar-refractivity contribution in [1.29, 1.82) is 5.41 Å². The molecule has 90 valence electrons. The number of nitrogen functional groups attached to an aromatic ring is 1. The number of aliphatic hydroxyl groups excluding tert-OH is 1. The van der Waals surface area contributed by atoms with Gasteiger partial charge in [-0.15, -0.1) is 12.4 Å². The first-order valence-electron chi connectivity index (χ1n) is 4.64. The number of aliphatic hydroxyl groups is 1. The summed E-state index contributed by atoms with van der Waals surface area (Å²) in [6.45, 7) is 0.576. The summed E-state index contributed by atoms with van der Waals surface area (Å²) in [7, 11) is 0. The second-order valence-electron chi connectivity index (χ2n) is 3.11. The molecule has 0 fully saturated rings. The van der Waals surface area contributed by atoms with Gasteiger partial charge in [0.2, 0.25) is 0 Å². The van der Waals surface area contributed by atoms with Crippen molar-refractivity contribution in [3.63, 3.8) is 0 Å². The van der Waals surface area contributed by atoms with Crippen LogP contribution in [0.2, 0.25) is 0 Å². The average Bonchev–Trinajstić information content (AvgIpc) is 2.20. The van der Waals surface area contributed by atoms with Crippen molar-refractivity contribution >= 4 is 23.9 Å². The van der Waals surface area contributed by atoms with E-state index in [-0.39, 0.29) is 24.8 Å². The Morgan fingerprint density at radius 3 is 2.69 bits per heavy atom. The third-order valence-corrected chi connectivity index (χ3v) is 1.93. The number of benzene rings is 1. The zero-order chi connectivity index (χ0) is 11.3. The molecule has 1 aromatic rings. The molecule has 0 aromatic heterocycles. The maximum atomic E-state index is 13.4. The summed E-state index contributed by atoms with van der Waals surface area (Å²) in [6.07, 6.45) is 0.563. The van der Waals surface area contributed by atoms with Gasteiger partial charge in [-0.1, -0.05) is 0 Å². The number of amidine groups is 1. The quantitative estimate of drug-likeness (QED) is 0.360. The molecule has 0 amide bonds. The highest BCUT2D eigenvalue weighted by Gasteiger charge is 2.04. The lowest BCUT2D eigenvalue weighted by atomic mass is 10.2. The molecular weight excluding hydrogens is 233 g/mol. The number of nitrogens with one attached hydrogen (secondary N) is 2. The molecule has 16 heavy (non-hydrogen) atoms. The van der Waals surface area contributed by atoms with Gasteiger partial charge in [0.25, 0.3) is 0 Å². The summed E-state index contributed by atoms with van der Waals surface area (Å²) in [5, 5.41) is 18.5. The van der Waals surface area contributed by atoms with Crippen LogP contribution in [0.3, 0.4) is 0 Å². The van der Waals surface area contributed by atoms with E-state index < -0.39 is 5.82 Å². The molecule has 0 bridgehead atoms. The highest BCUT2D eigenvalue weighted by molar-refractivity contribution is 5.95. The Labute approximate surface area is 99.6 Å².